The van der Waals surface area contributed by atoms with Crippen LogP contribution in [-0.4, -0.2) is 114 Å². The van der Waals surface area contributed by atoms with Crippen LogP contribution in [0.5, 0.6) is 0 Å². The number of amides is 1. The number of carbonyl (C=O) groups excluding carboxylic acids is 1. The Morgan fingerprint density at radius 2 is 1.53 bits per heavy atom. The van der Waals surface area contributed by atoms with Crippen molar-refractivity contribution in [1.29, 1.82) is 0 Å². The van der Waals surface area contributed by atoms with E-state index in [1.54, 1.807) is 12.1 Å². The smallest absolute Gasteiger partial charge is 0.380 e. The number of alkyl halides is 3. The Balaban J connectivity index is 0.932. The minimum Gasteiger partial charge on any atom is -0.380 e. The lowest BCUT2D eigenvalue weighted by Gasteiger charge is -2.37. The fourth-order valence-corrected chi connectivity index (χ4v) is 12.4. The minimum absolute atomic E-state index is 0.00320. The molecule has 4 aromatic rings. The van der Waals surface area contributed by atoms with Crippen molar-refractivity contribution in [3.63, 3.8) is 0 Å². The number of benzene rings is 4. The average molecular weight is 959 g/mol. The van der Waals surface area contributed by atoms with Gasteiger partial charge in [-0.25, -0.2) is 21.6 Å². The summed E-state index contributed by atoms with van der Waals surface area (Å²) in [5.41, 5.74) is -1.59. The monoisotopic (exact) mass is 957 g/mol. The molecule has 11 nitrogen and oxygen atoms in total. The molecule has 64 heavy (non-hydrogen) atoms. The molecular weight excluding hydrogens is 907 g/mol. The lowest BCUT2D eigenvalue weighted by atomic mass is 9.95. The molecule has 3 fully saturated rings. The van der Waals surface area contributed by atoms with E-state index in [-0.39, 0.29) is 11.3 Å². The molecule has 4 aliphatic rings. The molecule has 342 valence electrons. The number of sulfone groups is 1. The van der Waals surface area contributed by atoms with Gasteiger partial charge in [-0.3, -0.25) is 14.6 Å². The number of nitrogens with zero attached hydrogens (tertiary/aromatic N) is 3. The second kappa shape index (κ2) is 19.8. The molecule has 0 radical (unpaired) electrons. The predicted octanol–water partition coefficient (Wildman–Crippen LogP) is 8.34. The Bertz CT molecular complexity index is 2520. The lowest BCUT2D eigenvalue weighted by Crippen LogP contribution is -2.47. The number of anilines is 2. The number of halogens is 4. The van der Waals surface area contributed by atoms with Gasteiger partial charge in [-0.15, -0.1) is 11.8 Å². The minimum atomic E-state index is -6.04. The van der Waals surface area contributed by atoms with Crippen molar-refractivity contribution >= 4 is 66.1 Å². The normalized spacial score (nSPS) is 20.4. The SMILES string of the molecule is O=C(NS(=O)(=O)c1ccc(N[C@H](CCN2C3CCC2CC3)CSc2ccccc2)c(S(=O)(=O)C(F)(F)F)c1)c1ccc(N2CCN(CC3=C(c4ccc(Cl)cc4)CCOC3)CC2)cc1. The van der Waals surface area contributed by atoms with Crippen molar-refractivity contribution in [2.45, 2.75) is 76.8 Å². The number of carbonyl (C=O) groups is 1. The summed E-state index contributed by atoms with van der Waals surface area (Å²) in [6, 6.07) is 26.7. The van der Waals surface area contributed by atoms with Crippen LogP contribution in [0.25, 0.3) is 5.57 Å². The zero-order valence-corrected chi connectivity index (χ0v) is 38.3. The summed E-state index contributed by atoms with van der Waals surface area (Å²) < 4.78 is 104. The van der Waals surface area contributed by atoms with E-state index >= 15 is 0 Å². The number of hydrogen-bond donors (Lipinski definition) is 2. The zero-order chi connectivity index (χ0) is 45.1. The lowest BCUT2D eigenvalue weighted by molar-refractivity contribution is -0.0435. The van der Waals surface area contributed by atoms with Crippen LogP contribution in [0.1, 0.15) is 54.4 Å². The molecule has 3 saturated heterocycles. The first-order chi connectivity index (χ1) is 30.6. The number of ether oxygens (including phenoxy) is 1. The van der Waals surface area contributed by atoms with E-state index in [9.17, 15) is 34.8 Å². The number of fused-ring (bicyclic) bond motifs is 2. The van der Waals surface area contributed by atoms with Gasteiger partial charge in [-0.2, -0.15) is 13.2 Å². The number of rotatable bonds is 16. The van der Waals surface area contributed by atoms with Crippen LogP contribution in [-0.2, 0) is 24.6 Å². The van der Waals surface area contributed by atoms with Gasteiger partial charge in [0, 0.05) is 84.3 Å². The molecule has 0 saturated carbocycles. The van der Waals surface area contributed by atoms with Gasteiger partial charge in [0.25, 0.3) is 25.8 Å². The van der Waals surface area contributed by atoms with E-state index in [0.29, 0.717) is 68.2 Å². The third-order valence-electron chi connectivity index (χ3n) is 12.7. The Labute approximate surface area is 382 Å². The zero-order valence-electron chi connectivity index (χ0n) is 35.1. The van der Waals surface area contributed by atoms with E-state index in [1.807, 2.05) is 59.3 Å². The van der Waals surface area contributed by atoms with E-state index < -0.39 is 47.1 Å². The molecule has 2 N–H and O–H groups in total. The molecule has 1 atom stereocenters. The molecule has 0 spiro atoms. The van der Waals surface area contributed by atoms with Crippen LogP contribution in [0, 0.1) is 0 Å². The van der Waals surface area contributed by atoms with Gasteiger partial charge in [0.1, 0.15) is 4.90 Å². The van der Waals surface area contributed by atoms with Crippen molar-refractivity contribution < 1.29 is 39.5 Å². The Morgan fingerprint density at radius 3 is 2.19 bits per heavy atom. The standard InChI is InChI=1S/C46H51ClF3N5O6S3/c47-35-10-6-32(7-11-35)42-21-27-61-30-34(42)29-53-23-25-54(26-24-53)37-12-8-33(9-13-37)45(56)52-64(59,60)41-18-19-43(44(28-41)63(57,58)46(48,49)50)51-36(31-62-40-4-2-1-3-5-40)20-22-55-38-14-15-39(55)17-16-38/h1-13,18-19,28,36,38-39,51H,14-17,20-27,29-31H2,(H,52,56)/t36-,38?,39?/m1/s1. The molecule has 4 aromatic carbocycles. The van der Waals surface area contributed by atoms with Crippen molar-refractivity contribution in [3.05, 3.63) is 119 Å². The third-order valence-corrected chi connectivity index (χ3v) is 16.9. The van der Waals surface area contributed by atoms with Crippen molar-refractivity contribution in [2.24, 2.45) is 0 Å². The van der Waals surface area contributed by atoms with E-state index in [2.05, 4.69) is 20.0 Å². The molecule has 18 heteroatoms. The Kier molecular flexibility index (Phi) is 14.4. The van der Waals surface area contributed by atoms with Crippen molar-refractivity contribution in [1.82, 2.24) is 14.5 Å². The number of piperazine rings is 1. The quantitative estimate of drug-likeness (QED) is 0.105. The van der Waals surface area contributed by atoms with Crippen molar-refractivity contribution in [3.8, 4) is 0 Å². The van der Waals surface area contributed by atoms with Gasteiger partial charge in [0.15, 0.2) is 0 Å². The number of thioether (sulfide) groups is 1. The molecule has 0 aromatic heterocycles. The molecule has 4 heterocycles. The van der Waals surface area contributed by atoms with Crippen LogP contribution >= 0.6 is 23.4 Å². The van der Waals surface area contributed by atoms with Gasteiger partial charge in [-0.05, 0) is 122 Å². The summed E-state index contributed by atoms with van der Waals surface area (Å²) in [7, 11) is -10.9. The van der Waals surface area contributed by atoms with Gasteiger partial charge < -0.3 is 15.0 Å². The first-order valence-corrected chi connectivity index (χ1v) is 25.8. The maximum absolute atomic E-state index is 14.2. The Morgan fingerprint density at radius 1 is 0.859 bits per heavy atom. The van der Waals surface area contributed by atoms with E-state index in [0.717, 1.165) is 80.0 Å². The largest absolute Gasteiger partial charge is 0.501 e. The Hall–Kier alpha value is -4.10. The van der Waals surface area contributed by atoms with Crippen LogP contribution in [0.2, 0.25) is 5.02 Å². The first kappa shape index (κ1) is 46.4. The van der Waals surface area contributed by atoms with Crippen LogP contribution in [0.3, 0.4) is 0 Å². The van der Waals surface area contributed by atoms with Gasteiger partial charge in [-0.1, -0.05) is 41.9 Å². The number of nitrogens with one attached hydrogen (secondary N) is 2. The predicted molar refractivity (Wildman–Crippen MR) is 245 cm³/mol. The van der Waals surface area contributed by atoms with Gasteiger partial charge in [0.2, 0.25) is 0 Å². The highest BCUT2D eigenvalue weighted by Gasteiger charge is 2.48. The van der Waals surface area contributed by atoms with Crippen LogP contribution in [0.4, 0.5) is 24.5 Å². The first-order valence-electron chi connectivity index (χ1n) is 21.5. The average Bonchev–Trinajstić information content (AvgIpc) is 3.87. The molecule has 0 unspecified atom stereocenters. The van der Waals surface area contributed by atoms with Crippen LogP contribution < -0.4 is 14.9 Å². The van der Waals surface area contributed by atoms with Crippen molar-refractivity contribution in [2.75, 3.05) is 68.5 Å². The summed E-state index contributed by atoms with van der Waals surface area (Å²) in [6.07, 6.45) is 5.78. The highest BCUT2D eigenvalue weighted by atomic mass is 35.5. The molecule has 2 bridgehead atoms. The fourth-order valence-electron chi connectivity index (χ4n) is 9.23. The van der Waals surface area contributed by atoms with Crippen LogP contribution in [0.15, 0.2) is 117 Å². The summed E-state index contributed by atoms with van der Waals surface area (Å²) in [4.78, 5) is 19.2. The molecule has 0 aliphatic carbocycles. The van der Waals surface area contributed by atoms with E-state index in [1.165, 1.54) is 35.0 Å². The molecule has 1 amide bonds. The second-order valence-corrected chi connectivity index (χ2v) is 21.8. The summed E-state index contributed by atoms with van der Waals surface area (Å²) in [5, 5.41) is 3.74. The second-order valence-electron chi connectivity index (χ2n) is 16.7. The number of hydrogen-bond acceptors (Lipinski definition) is 11. The molecule has 4 aliphatic heterocycles. The topological polar surface area (TPSA) is 128 Å². The maximum atomic E-state index is 14.2. The van der Waals surface area contributed by atoms with Gasteiger partial charge >= 0.3 is 5.51 Å². The molecule has 8 rings (SSSR count). The highest BCUT2D eigenvalue weighted by molar-refractivity contribution is 7.99. The summed E-state index contributed by atoms with van der Waals surface area (Å²) in [5.74, 6) is -0.614. The van der Waals surface area contributed by atoms with E-state index in [4.69, 9.17) is 16.3 Å². The number of sulfonamides is 1. The maximum Gasteiger partial charge on any atom is 0.501 e. The fraction of sp³-hybridized carbons (Fsp3) is 0.413. The third kappa shape index (κ3) is 10.8. The van der Waals surface area contributed by atoms with Gasteiger partial charge in [0.05, 0.1) is 23.8 Å². The summed E-state index contributed by atoms with van der Waals surface area (Å²) in [6.45, 7) is 5.69. The molecular formula is C46H51ClF3N5O6S3. The summed E-state index contributed by atoms with van der Waals surface area (Å²) >= 11 is 7.61. The highest BCUT2D eigenvalue weighted by Crippen LogP contribution is 2.39.